The summed E-state index contributed by atoms with van der Waals surface area (Å²) >= 11 is 0. The number of alkyl halides is 2. The molecule has 0 bridgehead atoms. The lowest BCUT2D eigenvalue weighted by atomic mass is 9.79. The van der Waals surface area contributed by atoms with Gasteiger partial charge in [0.25, 0.3) is 6.43 Å². The molecule has 2 nitrogen and oxygen atoms in total. The maximum Gasteiger partial charge on any atom is 0.250 e. The third kappa shape index (κ3) is 3.88. The highest BCUT2D eigenvalue weighted by Crippen LogP contribution is 2.28. The van der Waals surface area contributed by atoms with E-state index in [1.807, 2.05) is 0 Å². The van der Waals surface area contributed by atoms with Gasteiger partial charge in [-0.05, 0) is 31.2 Å². The van der Waals surface area contributed by atoms with Gasteiger partial charge in [0.2, 0.25) is 0 Å². The second kappa shape index (κ2) is 6.30. The second-order valence-electron chi connectivity index (χ2n) is 4.04. The lowest BCUT2D eigenvalue weighted by molar-refractivity contribution is 0.118. The summed E-state index contributed by atoms with van der Waals surface area (Å²) < 4.78 is 23.7. The van der Waals surface area contributed by atoms with Gasteiger partial charge in [-0.3, -0.25) is 0 Å². The summed E-state index contributed by atoms with van der Waals surface area (Å²) in [6.45, 7) is 0.589. The Bertz CT molecular complexity index is 155. The highest BCUT2D eigenvalue weighted by Gasteiger charge is 2.24. The summed E-state index contributed by atoms with van der Waals surface area (Å²) in [5, 5.41) is 11.9. The van der Waals surface area contributed by atoms with Crippen molar-refractivity contribution >= 4 is 0 Å². The molecular formula is C10H19F2NO. The molecule has 2 atom stereocenters. The van der Waals surface area contributed by atoms with Crippen LogP contribution in [0.15, 0.2) is 0 Å². The number of aliphatic hydroxyl groups excluding tert-OH is 1. The van der Waals surface area contributed by atoms with Crippen LogP contribution in [-0.4, -0.2) is 31.2 Å². The average molecular weight is 207 g/mol. The first-order valence-corrected chi connectivity index (χ1v) is 5.33. The van der Waals surface area contributed by atoms with Crippen molar-refractivity contribution in [2.75, 3.05) is 19.7 Å². The molecule has 1 aliphatic rings. The molecule has 14 heavy (non-hydrogen) atoms. The molecule has 1 fully saturated rings. The number of halogens is 2. The van der Waals surface area contributed by atoms with Crippen LogP contribution in [0.1, 0.15) is 25.7 Å². The standard InChI is InChI=1S/C10H19F2NO/c11-10(12)6-13-5-8-3-1-2-4-9(8)7-14/h8-10,13-14H,1-7H2. The van der Waals surface area contributed by atoms with Crippen LogP contribution in [-0.2, 0) is 0 Å². The van der Waals surface area contributed by atoms with Crippen molar-refractivity contribution in [2.45, 2.75) is 32.1 Å². The molecule has 2 N–H and O–H groups in total. The van der Waals surface area contributed by atoms with Gasteiger partial charge in [-0.2, -0.15) is 0 Å². The zero-order valence-corrected chi connectivity index (χ0v) is 8.38. The van der Waals surface area contributed by atoms with Crippen LogP contribution in [0.3, 0.4) is 0 Å². The van der Waals surface area contributed by atoms with Gasteiger partial charge in [0, 0.05) is 6.61 Å². The van der Waals surface area contributed by atoms with Crippen LogP contribution >= 0.6 is 0 Å². The molecule has 1 aliphatic carbocycles. The zero-order valence-electron chi connectivity index (χ0n) is 8.38. The Labute approximate surface area is 83.7 Å². The molecule has 0 amide bonds. The van der Waals surface area contributed by atoms with Crippen LogP contribution in [0, 0.1) is 11.8 Å². The van der Waals surface area contributed by atoms with E-state index in [2.05, 4.69) is 5.32 Å². The Hall–Kier alpha value is -0.220. The van der Waals surface area contributed by atoms with E-state index in [4.69, 9.17) is 5.11 Å². The molecule has 4 heteroatoms. The van der Waals surface area contributed by atoms with E-state index in [1.165, 1.54) is 0 Å². The molecule has 84 valence electrons. The van der Waals surface area contributed by atoms with Crippen LogP contribution in [0.5, 0.6) is 0 Å². The van der Waals surface area contributed by atoms with Gasteiger partial charge in [0.15, 0.2) is 0 Å². The zero-order chi connectivity index (χ0) is 10.4. The van der Waals surface area contributed by atoms with E-state index in [0.29, 0.717) is 18.4 Å². The maximum atomic E-state index is 11.9. The minimum atomic E-state index is -2.27. The fourth-order valence-electron chi connectivity index (χ4n) is 2.17. The van der Waals surface area contributed by atoms with Crippen molar-refractivity contribution in [3.8, 4) is 0 Å². The third-order valence-corrected chi connectivity index (χ3v) is 3.01. The van der Waals surface area contributed by atoms with Crippen molar-refractivity contribution in [3.05, 3.63) is 0 Å². The van der Waals surface area contributed by atoms with E-state index in [-0.39, 0.29) is 13.2 Å². The van der Waals surface area contributed by atoms with Crippen molar-refractivity contribution in [1.29, 1.82) is 0 Å². The third-order valence-electron chi connectivity index (χ3n) is 3.01. The molecule has 0 aliphatic heterocycles. The number of aliphatic hydroxyl groups is 1. The van der Waals surface area contributed by atoms with Gasteiger partial charge >= 0.3 is 0 Å². The molecule has 0 aromatic carbocycles. The first-order chi connectivity index (χ1) is 6.74. The van der Waals surface area contributed by atoms with Gasteiger partial charge in [0.05, 0.1) is 6.54 Å². The molecular weight excluding hydrogens is 188 g/mol. The monoisotopic (exact) mass is 207 g/mol. The largest absolute Gasteiger partial charge is 0.396 e. The van der Waals surface area contributed by atoms with Crippen molar-refractivity contribution in [1.82, 2.24) is 5.32 Å². The Balaban J connectivity index is 2.19. The number of rotatable bonds is 5. The highest BCUT2D eigenvalue weighted by atomic mass is 19.3. The molecule has 1 rings (SSSR count). The molecule has 0 heterocycles. The Morgan fingerprint density at radius 1 is 1.21 bits per heavy atom. The summed E-state index contributed by atoms with van der Waals surface area (Å²) in [6, 6.07) is 0. The van der Waals surface area contributed by atoms with Gasteiger partial charge < -0.3 is 10.4 Å². The van der Waals surface area contributed by atoms with Crippen LogP contribution in [0.25, 0.3) is 0 Å². The fourth-order valence-corrected chi connectivity index (χ4v) is 2.17. The second-order valence-corrected chi connectivity index (χ2v) is 4.04. The first-order valence-electron chi connectivity index (χ1n) is 5.33. The van der Waals surface area contributed by atoms with Gasteiger partial charge in [-0.15, -0.1) is 0 Å². The predicted octanol–water partition coefficient (Wildman–Crippen LogP) is 1.64. The lowest BCUT2D eigenvalue weighted by Gasteiger charge is -2.30. The van der Waals surface area contributed by atoms with Crippen molar-refractivity contribution in [2.24, 2.45) is 11.8 Å². The molecule has 0 aromatic heterocycles. The molecule has 2 unspecified atom stereocenters. The van der Waals surface area contributed by atoms with Crippen LogP contribution < -0.4 is 5.32 Å². The van der Waals surface area contributed by atoms with Gasteiger partial charge in [-0.1, -0.05) is 12.8 Å². The Morgan fingerprint density at radius 2 is 1.86 bits per heavy atom. The number of hydrogen-bond donors (Lipinski definition) is 2. The highest BCUT2D eigenvalue weighted by molar-refractivity contribution is 4.76. The average Bonchev–Trinajstić information content (AvgIpc) is 2.18. The van der Waals surface area contributed by atoms with E-state index < -0.39 is 6.43 Å². The van der Waals surface area contributed by atoms with Crippen LogP contribution in [0.4, 0.5) is 8.78 Å². The molecule has 0 radical (unpaired) electrons. The van der Waals surface area contributed by atoms with E-state index in [1.54, 1.807) is 0 Å². The summed E-state index contributed by atoms with van der Waals surface area (Å²) in [4.78, 5) is 0. The summed E-state index contributed by atoms with van der Waals surface area (Å²) in [5.74, 6) is 0.696. The smallest absolute Gasteiger partial charge is 0.250 e. The van der Waals surface area contributed by atoms with E-state index >= 15 is 0 Å². The summed E-state index contributed by atoms with van der Waals surface area (Å²) in [7, 11) is 0. The maximum absolute atomic E-state index is 11.9. The number of hydrogen-bond acceptors (Lipinski definition) is 2. The summed E-state index contributed by atoms with van der Waals surface area (Å²) in [6.07, 6.45) is 2.15. The normalized spacial score (nSPS) is 28.3. The fraction of sp³-hybridized carbons (Fsp3) is 1.00. The van der Waals surface area contributed by atoms with Crippen molar-refractivity contribution in [3.63, 3.8) is 0 Å². The van der Waals surface area contributed by atoms with Crippen LogP contribution in [0.2, 0.25) is 0 Å². The van der Waals surface area contributed by atoms with E-state index in [0.717, 1.165) is 25.7 Å². The van der Waals surface area contributed by atoms with Crippen molar-refractivity contribution < 1.29 is 13.9 Å². The minimum Gasteiger partial charge on any atom is -0.396 e. The van der Waals surface area contributed by atoms with Gasteiger partial charge in [-0.25, -0.2) is 8.78 Å². The van der Waals surface area contributed by atoms with E-state index in [9.17, 15) is 8.78 Å². The summed E-state index contributed by atoms with van der Waals surface area (Å²) in [5.41, 5.74) is 0. The number of nitrogens with one attached hydrogen (secondary N) is 1. The molecule has 0 spiro atoms. The first kappa shape index (κ1) is 11.9. The Kier molecular flexibility index (Phi) is 5.33. The SMILES string of the molecule is OCC1CCCCC1CNCC(F)F. The minimum absolute atomic E-state index is 0.195. The molecule has 0 aromatic rings. The lowest BCUT2D eigenvalue weighted by Crippen LogP contribution is -2.34. The quantitative estimate of drug-likeness (QED) is 0.718. The Morgan fingerprint density at radius 3 is 2.43 bits per heavy atom. The molecule has 0 saturated heterocycles. The topological polar surface area (TPSA) is 32.3 Å². The molecule has 1 saturated carbocycles. The predicted molar refractivity (Wildman–Crippen MR) is 51.4 cm³/mol. The van der Waals surface area contributed by atoms with Gasteiger partial charge in [0.1, 0.15) is 0 Å².